The molecule has 0 unspecified atom stereocenters. The molecule has 1 fully saturated rings. The molecule has 2 aliphatic rings. The number of thiazole rings is 1. The summed E-state index contributed by atoms with van der Waals surface area (Å²) in [5, 5.41) is 2.80. The van der Waals surface area contributed by atoms with Crippen LogP contribution in [0, 0.1) is 6.92 Å². The Hall–Kier alpha value is -2.62. The monoisotopic (exact) mass is 492 g/mol. The summed E-state index contributed by atoms with van der Waals surface area (Å²) in [4.78, 5) is 21.2. The Morgan fingerprint density at radius 1 is 1.19 bits per heavy atom. The summed E-state index contributed by atoms with van der Waals surface area (Å²) in [6, 6.07) is 10.2. The molecule has 3 aromatic rings. The van der Waals surface area contributed by atoms with Crippen molar-refractivity contribution >= 4 is 55.4 Å². The van der Waals surface area contributed by atoms with Crippen LogP contribution in [0.4, 0.5) is 16.5 Å². The number of aryl methyl sites for hydroxylation is 1. The van der Waals surface area contributed by atoms with Gasteiger partial charge in [-0.1, -0.05) is 17.7 Å². The molecule has 1 aromatic heterocycles. The van der Waals surface area contributed by atoms with Crippen LogP contribution in [0.25, 0.3) is 0 Å². The lowest BCUT2D eigenvalue weighted by atomic mass is 10.1. The standard InChI is InChI=1S/C22H21ClN4O3S2.2H2/c1-14-2-7-18-17(20(14)23)8-11-27(18)19-9-12-26(21(19)28)15-3-5-16(6-4-15)32(29,30)25-22-24-10-13-31-22;;/h2-7,10,13,19H,8-9,11-12H2,1H3,(H,24,25);2*1H/t19-;;/m0../s1. The molecule has 2 aliphatic heterocycles. The number of aromatic nitrogens is 1. The van der Waals surface area contributed by atoms with Gasteiger partial charge in [0.05, 0.1) is 4.90 Å². The van der Waals surface area contributed by atoms with Gasteiger partial charge in [-0.15, -0.1) is 11.3 Å². The van der Waals surface area contributed by atoms with Gasteiger partial charge < -0.3 is 9.80 Å². The highest BCUT2D eigenvalue weighted by Gasteiger charge is 2.39. The number of hydrogen-bond donors (Lipinski definition) is 1. The Bertz CT molecular complexity index is 1290. The number of sulfonamides is 1. The predicted molar refractivity (Wildman–Crippen MR) is 132 cm³/mol. The summed E-state index contributed by atoms with van der Waals surface area (Å²) >= 11 is 7.70. The fraction of sp³-hybridized carbons (Fsp3) is 0.273. The van der Waals surface area contributed by atoms with E-state index in [9.17, 15) is 13.2 Å². The fourth-order valence-corrected chi connectivity index (χ4v) is 6.42. The molecular weight excluding hydrogens is 468 g/mol. The van der Waals surface area contributed by atoms with Gasteiger partial charge in [-0.25, -0.2) is 13.4 Å². The molecule has 10 heteroatoms. The van der Waals surface area contributed by atoms with E-state index in [-0.39, 0.29) is 19.7 Å². The summed E-state index contributed by atoms with van der Waals surface area (Å²) in [5.41, 5.74) is 3.88. The number of carbonyl (C=O) groups excluding carboxylic acids is 1. The van der Waals surface area contributed by atoms with E-state index in [0.717, 1.165) is 34.8 Å². The van der Waals surface area contributed by atoms with Crippen molar-refractivity contribution in [1.29, 1.82) is 0 Å². The molecule has 0 saturated carbocycles. The molecule has 3 heterocycles. The molecule has 170 valence electrons. The van der Waals surface area contributed by atoms with Gasteiger partial charge in [0, 0.05) is 43.9 Å². The van der Waals surface area contributed by atoms with Gasteiger partial charge in [-0.3, -0.25) is 9.52 Å². The maximum Gasteiger partial charge on any atom is 0.263 e. The highest BCUT2D eigenvalue weighted by atomic mass is 35.5. The quantitative estimate of drug-likeness (QED) is 0.564. The lowest BCUT2D eigenvalue weighted by molar-refractivity contribution is -0.118. The third-order valence-electron chi connectivity index (χ3n) is 5.99. The Kier molecular flexibility index (Phi) is 5.35. The van der Waals surface area contributed by atoms with Crippen molar-refractivity contribution in [1.82, 2.24) is 4.98 Å². The van der Waals surface area contributed by atoms with Gasteiger partial charge in [-0.2, -0.15) is 0 Å². The minimum atomic E-state index is -3.73. The molecule has 5 rings (SSSR count). The van der Waals surface area contributed by atoms with Crippen molar-refractivity contribution in [3.8, 4) is 0 Å². The average molecular weight is 493 g/mol. The third-order valence-corrected chi connectivity index (χ3v) is 8.69. The van der Waals surface area contributed by atoms with Crippen LogP contribution in [0.3, 0.4) is 0 Å². The number of halogens is 1. The lowest BCUT2D eigenvalue weighted by Crippen LogP contribution is -2.41. The molecule has 0 radical (unpaired) electrons. The molecule has 0 spiro atoms. The van der Waals surface area contributed by atoms with Gasteiger partial charge in [-0.05, 0) is 61.2 Å². The number of hydrogen-bond acceptors (Lipinski definition) is 6. The zero-order chi connectivity index (χ0) is 22.5. The van der Waals surface area contributed by atoms with Crippen LogP contribution in [0.2, 0.25) is 5.02 Å². The summed E-state index contributed by atoms with van der Waals surface area (Å²) < 4.78 is 27.6. The zero-order valence-electron chi connectivity index (χ0n) is 17.3. The van der Waals surface area contributed by atoms with Crippen molar-refractivity contribution in [2.45, 2.75) is 30.7 Å². The van der Waals surface area contributed by atoms with E-state index >= 15 is 0 Å². The van der Waals surface area contributed by atoms with E-state index in [2.05, 4.69) is 20.7 Å². The Balaban J connectivity index is 0.00000162. The molecule has 32 heavy (non-hydrogen) atoms. The van der Waals surface area contributed by atoms with Crippen LogP contribution in [-0.2, 0) is 21.2 Å². The minimum Gasteiger partial charge on any atom is -0.359 e. The average Bonchev–Trinajstić information content (AvgIpc) is 3.51. The van der Waals surface area contributed by atoms with Crippen molar-refractivity contribution in [3.63, 3.8) is 0 Å². The van der Waals surface area contributed by atoms with Gasteiger partial charge in [0.25, 0.3) is 10.0 Å². The number of anilines is 3. The highest BCUT2D eigenvalue weighted by molar-refractivity contribution is 7.93. The van der Waals surface area contributed by atoms with Crippen molar-refractivity contribution < 1.29 is 16.1 Å². The second-order valence-corrected chi connectivity index (χ2v) is 10.8. The van der Waals surface area contributed by atoms with Gasteiger partial charge >= 0.3 is 0 Å². The number of nitrogens with zero attached hydrogens (tertiary/aromatic N) is 3. The van der Waals surface area contributed by atoms with Crippen molar-refractivity contribution in [2.24, 2.45) is 0 Å². The molecule has 1 atom stereocenters. The van der Waals surface area contributed by atoms with Crippen molar-refractivity contribution in [3.05, 3.63) is 64.1 Å². The number of rotatable bonds is 5. The maximum absolute atomic E-state index is 13.3. The summed E-state index contributed by atoms with van der Waals surface area (Å²) in [7, 11) is -3.73. The number of carbonyl (C=O) groups is 1. The van der Waals surface area contributed by atoms with Crippen LogP contribution in [-0.4, -0.2) is 38.4 Å². The van der Waals surface area contributed by atoms with Gasteiger partial charge in [0.1, 0.15) is 6.04 Å². The van der Waals surface area contributed by atoms with Crippen LogP contribution < -0.4 is 14.5 Å². The number of fused-ring (bicyclic) bond motifs is 1. The molecule has 0 bridgehead atoms. The first-order valence-corrected chi connectivity index (χ1v) is 13.0. The van der Waals surface area contributed by atoms with E-state index < -0.39 is 10.0 Å². The fourth-order valence-electron chi connectivity index (χ4n) is 4.37. The molecular formula is C22H25ClN4O3S2. The predicted octanol–water partition coefficient (Wildman–Crippen LogP) is 4.57. The SMILES string of the molecule is Cc1ccc2c(c1Cl)CCN2[C@H]1CCN(c2ccc(S(=O)(=O)Nc3nccs3)cc2)C1=O.[HH].[HH]. The molecule has 1 N–H and O–H groups in total. The van der Waals surface area contributed by atoms with E-state index in [1.54, 1.807) is 22.4 Å². The lowest BCUT2D eigenvalue weighted by Gasteiger charge is -2.26. The zero-order valence-corrected chi connectivity index (χ0v) is 19.7. The van der Waals surface area contributed by atoms with Crippen LogP contribution in [0.5, 0.6) is 0 Å². The van der Waals surface area contributed by atoms with Crippen LogP contribution >= 0.6 is 22.9 Å². The molecule has 1 amide bonds. The second-order valence-electron chi connectivity index (χ2n) is 7.87. The summed E-state index contributed by atoms with van der Waals surface area (Å²) in [5.74, 6) is 0.0195. The van der Waals surface area contributed by atoms with E-state index in [4.69, 9.17) is 11.6 Å². The normalized spacial score (nSPS) is 18.3. The van der Waals surface area contributed by atoms with E-state index in [0.29, 0.717) is 23.8 Å². The van der Waals surface area contributed by atoms with E-state index in [1.807, 2.05) is 13.0 Å². The second kappa shape index (κ2) is 8.06. The molecule has 7 nitrogen and oxygen atoms in total. The Morgan fingerprint density at radius 2 is 1.97 bits per heavy atom. The minimum absolute atomic E-state index is 0. The smallest absolute Gasteiger partial charge is 0.263 e. The molecule has 1 saturated heterocycles. The highest BCUT2D eigenvalue weighted by Crippen LogP contribution is 2.39. The third kappa shape index (κ3) is 3.64. The largest absolute Gasteiger partial charge is 0.359 e. The summed E-state index contributed by atoms with van der Waals surface area (Å²) in [6.07, 6.45) is 3.07. The number of benzene rings is 2. The first-order valence-electron chi connectivity index (χ1n) is 10.2. The first-order chi connectivity index (χ1) is 15.3. The molecule has 2 aromatic carbocycles. The van der Waals surface area contributed by atoms with E-state index in [1.165, 1.54) is 29.7 Å². The number of amides is 1. The number of nitrogens with one attached hydrogen (secondary N) is 1. The Morgan fingerprint density at radius 3 is 2.69 bits per heavy atom. The van der Waals surface area contributed by atoms with Crippen molar-refractivity contribution in [2.75, 3.05) is 27.6 Å². The molecule has 0 aliphatic carbocycles. The Labute approximate surface area is 198 Å². The first kappa shape index (κ1) is 21.2. The summed E-state index contributed by atoms with van der Waals surface area (Å²) in [6.45, 7) is 3.34. The van der Waals surface area contributed by atoms with Crippen LogP contribution in [0.15, 0.2) is 52.9 Å². The van der Waals surface area contributed by atoms with Gasteiger partial charge in [0.15, 0.2) is 5.13 Å². The topological polar surface area (TPSA) is 82.6 Å². The van der Waals surface area contributed by atoms with Crippen LogP contribution in [0.1, 0.15) is 20.4 Å². The van der Waals surface area contributed by atoms with Gasteiger partial charge in [0.2, 0.25) is 5.91 Å². The maximum atomic E-state index is 13.3.